The van der Waals surface area contributed by atoms with Gasteiger partial charge in [-0.25, -0.2) is 4.98 Å². The first-order valence-corrected chi connectivity index (χ1v) is 8.00. The molecule has 1 aromatic carbocycles. The van der Waals surface area contributed by atoms with Crippen molar-refractivity contribution in [1.82, 2.24) is 10.3 Å². The summed E-state index contributed by atoms with van der Waals surface area (Å²) in [5, 5.41) is 3.16. The zero-order chi connectivity index (χ0) is 17.5. The fourth-order valence-corrected chi connectivity index (χ4v) is 2.28. The van der Waals surface area contributed by atoms with Gasteiger partial charge in [-0.05, 0) is 31.5 Å². The number of aromatic nitrogens is 1. The lowest BCUT2D eigenvalue weighted by atomic mass is 10.0. The molecule has 0 spiro atoms. The minimum Gasteiger partial charge on any atom is -0.463 e. The van der Waals surface area contributed by atoms with E-state index in [1.807, 2.05) is 30.3 Å². The van der Waals surface area contributed by atoms with Crippen LogP contribution in [0.25, 0.3) is 0 Å². The van der Waals surface area contributed by atoms with Crippen LogP contribution >= 0.6 is 11.6 Å². The molecule has 0 radical (unpaired) electrons. The predicted molar refractivity (Wildman–Crippen MR) is 91.7 cm³/mol. The molecule has 2 aromatic rings. The summed E-state index contributed by atoms with van der Waals surface area (Å²) in [6.07, 6.45) is 1.24. The first-order valence-electron chi connectivity index (χ1n) is 7.62. The van der Waals surface area contributed by atoms with Crippen LogP contribution in [-0.4, -0.2) is 23.0 Å². The van der Waals surface area contributed by atoms with Crippen molar-refractivity contribution in [3.05, 3.63) is 64.9 Å². The fraction of sp³-hybridized carbons (Fsp3) is 0.278. The normalized spacial score (nSPS) is 11.8. The van der Waals surface area contributed by atoms with Crippen molar-refractivity contribution < 1.29 is 14.3 Å². The number of benzene rings is 1. The van der Waals surface area contributed by atoms with E-state index in [2.05, 4.69) is 10.3 Å². The fourth-order valence-electron chi connectivity index (χ4n) is 2.17. The number of rotatable bonds is 6. The molecule has 1 N–H and O–H groups in total. The van der Waals surface area contributed by atoms with E-state index < -0.39 is 6.04 Å². The number of hydrogen-bond donors (Lipinski definition) is 1. The number of esters is 1. The van der Waals surface area contributed by atoms with Crippen LogP contribution in [0.5, 0.6) is 0 Å². The Hall–Kier alpha value is -2.40. The number of ether oxygens (including phenoxy) is 1. The molecule has 126 valence electrons. The Balaban J connectivity index is 2.15. The van der Waals surface area contributed by atoms with Crippen LogP contribution in [0.3, 0.4) is 0 Å². The Morgan fingerprint density at radius 3 is 2.46 bits per heavy atom. The van der Waals surface area contributed by atoms with Crippen molar-refractivity contribution in [2.45, 2.75) is 32.4 Å². The van der Waals surface area contributed by atoms with Crippen LogP contribution in [0.15, 0.2) is 48.7 Å². The first kappa shape index (κ1) is 17.9. The van der Waals surface area contributed by atoms with Gasteiger partial charge < -0.3 is 10.1 Å². The van der Waals surface area contributed by atoms with Gasteiger partial charge in [-0.1, -0.05) is 41.9 Å². The zero-order valence-corrected chi connectivity index (χ0v) is 14.3. The van der Waals surface area contributed by atoms with Crippen molar-refractivity contribution in [3.8, 4) is 0 Å². The van der Waals surface area contributed by atoms with E-state index in [4.69, 9.17) is 16.3 Å². The SMILES string of the molecule is CC(C)OC(=O)CC(NC(=O)c1ccc(Cl)nc1)c1ccccc1. The van der Waals surface area contributed by atoms with Gasteiger partial charge in [0.15, 0.2) is 0 Å². The van der Waals surface area contributed by atoms with Crippen LogP contribution < -0.4 is 5.32 Å². The summed E-state index contributed by atoms with van der Waals surface area (Å²) in [6.45, 7) is 3.57. The summed E-state index contributed by atoms with van der Waals surface area (Å²) in [5.41, 5.74) is 1.20. The number of amides is 1. The Morgan fingerprint density at radius 1 is 1.17 bits per heavy atom. The number of nitrogens with one attached hydrogen (secondary N) is 1. The lowest BCUT2D eigenvalue weighted by molar-refractivity contribution is -0.147. The highest BCUT2D eigenvalue weighted by atomic mass is 35.5. The molecule has 1 atom stereocenters. The Labute approximate surface area is 146 Å². The van der Waals surface area contributed by atoms with Gasteiger partial charge in [-0.2, -0.15) is 0 Å². The number of carbonyl (C=O) groups is 2. The van der Waals surface area contributed by atoms with E-state index in [0.29, 0.717) is 10.7 Å². The van der Waals surface area contributed by atoms with Crippen LogP contribution in [-0.2, 0) is 9.53 Å². The Morgan fingerprint density at radius 2 is 1.88 bits per heavy atom. The Bertz CT molecular complexity index is 687. The quantitative estimate of drug-likeness (QED) is 0.641. The molecule has 1 aromatic heterocycles. The van der Waals surface area contributed by atoms with E-state index >= 15 is 0 Å². The largest absolute Gasteiger partial charge is 0.463 e. The Kier molecular flexibility index (Phi) is 6.32. The maximum atomic E-state index is 12.4. The molecule has 6 heteroatoms. The topological polar surface area (TPSA) is 68.3 Å². The van der Waals surface area contributed by atoms with Gasteiger partial charge in [-0.15, -0.1) is 0 Å². The molecule has 0 saturated carbocycles. The highest BCUT2D eigenvalue weighted by molar-refractivity contribution is 6.29. The monoisotopic (exact) mass is 346 g/mol. The number of hydrogen-bond acceptors (Lipinski definition) is 4. The van der Waals surface area contributed by atoms with Crippen molar-refractivity contribution in [2.24, 2.45) is 0 Å². The van der Waals surface area contributed by atoms with Crippen LogP contribution in [0.1, 0.15) is 42.2 Å². The average Bonchev–Trinajstić information content (AvgIpc) is 2.55. The first-order chi connectivity index (χ1) is 11.5. The van der Waals surface area contributed by atoms with Gasteiger partial charge >= 0.3 is 5.97 Å². The lowest BCUT2D eigenvalue weighted by Gasteiger charge is -2.19. The third kappa shape index (κ3) is 5.35. The second kappa shape index (κ2) is 8.45. The van der Waals surface area contributed by atoms with Gasteiger partial charge in [0, 0.05) is 6.20 Å². The summed E-state index contributed by atoms with van der Waals surface area (Å²) in [6, 6.07) is 11.9. The van der Waals surface area contributed by atoms with E-state index in [1.54, 1.807) is 26.0 Å². The average molecular weight is 347 g/mol. The van der Waals surface area contributed by atoms with Crippen LogP contribution in [0.4, 0.5) is 0 Å². The molecular weight excluding hydrogens is 328 g/mol. The third-order valence-corrected chi connectivity index (χ3v) is 3.46. The zero-order valence-electron chi connectivity index (χ0n) is 13.5. The summed E-state index contributed by atoms with van der Waals surface area (Å²) in [7, 11) is 0. The van der Waals surface area contributed by atoms with E-state index in [-0.39, 0.29) is 24.4 Å². The van der Waals surface area contributed by atoms with Crippen LogP contribution in [0, 0.1) is 0 Å². The van der Waals surface area contributed by atoms with Gasteiger partial charge in [0.2, 0.25) is 0 Å². The van der Waals surface area contributed by atoms with Gasteiger partial charge in [0.05, 0.1) is 24.1 Å². The van der Waals surface area contributed by atoms with Crippen molar-refractivity contribution in [1.29, 1.82) is 0 Å². The number of carbonyl (C=O) groups excluding carboxylic acids is 2. The molecule has 1 amide bonds. The maximum Gasteiger partial charge on any atom is 0.308 e. The summed E-state index contributed by atoms with van der Waals surface area (Å²) >= 11 is 5.73. The molecule has 0 bridgehead atoms. The van der Waals surface area contributed by atoms with E-state index in [0.717, 1.165) is 5.56 Å². The third-order valence-electron chi connectivity index (χ3n) is 3.23. The number of nitrogens with zero attached hydrogens (tertiary/aromatic N) is 1. The summed E-state index contributed by atoms with van der Waals surface area (Å²) in [4.78, 5) is 28.3. The molecule has 2 rings (SSSR count). The molecule has 1 heterocycles. The molecule has 0 aliphatic carbocycles. The summed E-state index contributed by atoms with van der Waals surface area (Å²) in [5.74, 6) is -0.696. The van der Waals surface area contributed by atoms with E-state index in [1.165, 1.54) is 6.20 Å². The maximum absolute atomic E-state index is 12.4. The smallest absolute Gasteiger partial charge is 0.308 e. The van der Waals surface area contributed by atoms with Gasteiger partial charge in [0.1, 0.15) is 5.15 Å². The highest BCUT2D eigenvalue weighted by Gasteiger charge is 2.20. The van der Waals surface area contributed by atoms with Crippen LogP contribution in [0.2, 0.25) is 5.15 Å². The number of pyridine rings is 1. The molecule has 0 saturated heterocycles. The molecule has 1 unspecified atom stereocenters. The van der Waals surface area contributed by atoms with E-state index in [9.17, 15) is 9.59 Å². The molecular formula is C18H19ClN2O3. The molecule has 0 fully saturated rings. The van der Waals surface area contributed by atoms with Gasteiger partial charge in [-0.3, -0.25) is 9.59 Å². The van der Waals surface area contributed by atoms with Crippen molar-refractivity contribution in [3.63, 3.8) is 0 Å². The molecule has 0 aliphatic heterocycles. The summed E-state index contributed by atoms with van der Waals surface area (Å²) < 4.78 is 5.19. The second-order valence-corrected chi connectivity index (χ2v) is 5.94. The second-order valence-electron chi connectivity index (χ2n) is 5.55. The lowest BCUT2D eigenvalue weighted by Crippen LogP contribution is -2.31. The minimum atomic E-state index is -0.486. The molecule has 0 aliphatic rings. The van der Waals surface area contributed by atoms with Crippen molar-refractivity contribution in [2.75, 3.05) is 0 Å². The highest BCUT2D eigenvalue weighted by Crippen LogP contribution is 2.18. The predicted octanol–water partition coefficient (Wildman–Crippen LogP) is 3.55. The standard InChI is InChI=1S/C18H19ClN2O3/c1-12(2)24-17(22)10-15(13-6-4-3-5-7-13)21-18(23)14-8-9-16(19)20-11-14/h3-9,11-12,15H,10H2,1-2H3,(H,21,23). The molecule has 24 heavy (non-hydrogen) atoms. The minimum absolute atomic E-state index is 0.0505. The molecule has 5 nitrogen and oxygen atoms in total. The van der Waals surface area contributed by atoms with Crippen molar-refractivity contribution >= 4 is 23.5 Å². The van der Waals surface area contributed by atoms with Gasteiger partial charge in [0.25, 0.3) is 5.91 Å². The number of halogens is 1.